The molecule has 4 nitrogen and oxygen atoms in total. The first-order valence-corrected chi connectivity index (χ1v) is 5.54. The van der Waals surface area contributed by atoms with Crippen LogP contribution in [0, 0.1) is 5.92 Å². The van der Waals surface area contributed by atoms with Gasteiger partial charge in [0, 0.05) is 24.8 Å². The second kappa shape index (κ2) is 3.94. The lowest BCUT2D eigenvalue weighted by Crippen LogP contribution is -2.22. The highest BCUT2D eigenvalue weighted by atomic mass is 19.4. The van der Waals surface area contributed by atoms with Crippen molar-refractivity contribution in [1.29, 1.82) is 0 Å². The maximum Gasteiger partial charge on any atom is 0.433 e. The highest BCUT2D eigenvalue weighted by Crippen LogP contribution is 2.29. The van der Waals surface area contributed by atoms with E-state index < -0.39 is 11.9 Å². The zero-order valence-corrected chi connectivity index (χ0v) is 9.24. The van der Waals surface area contributed by atoms with Crippen LogP contribution in [0.3, 0.4) is 0 Å². The third kappa shape index (κ3) is 1.84. The zero-order chi connectivity index (χ0) is 12.8. The zero-order valence-electron chi connectivity index (χ0n) is 9.24. The van der Waals surface area contributed by atoms with Crippen molar-refractivity contribution in [3.63, 3.8) is 0 Å². The van der Waals surface area contributed by atoms with Crippen LogP contribution >= 0.6 is 0 Å². The Morgan fingerprint density at radius 1 is 1.28 bits per heavy atom. The molecule has 18 heavy (non-hydrogen) atoms. The van der Waals surface area contributed by atoms with Crippen molar-refractivity contribution < 1.29 is 18.0 Å². The fourth-order valence-corrected chi connectivity index (χ4v) is 2.21. The summed E-state index contributed by atoms with van der Waals surface area (Å²) in [7, 11) is 0. The Labute approximate surface area is 101 Å². The standard InChI is InChI=1S/C11H10F3N3O/c12-11(13,14)9-2-1-6(3-16-9)10-7-4-15-5-8(7)18-17-10/h1-3,7-8,15H,4-5H2. The van der Waals surface area contributed by atoms with Gasteiger partial charge in [0.25, 0.3) is 0 Å². The fourth-order valence-electron chi connectivity index (χ4n) is 2.21. The second-order valence-electron chi connectivity index (χ2n) is 4.32. The molecule has 1 saturated heterocycles. The van der Waals surface area contributed by atoms with Crippen LogP contribution in [0.15, 0.2) is 23.5 Å². The molecule has 0 saturated carbocycles. The average Bonchev–Trinajstić information content (AvgIpc) is 2.89. The van der Waals surface area contributed by atoms with Crippen LogP contribution in [0.5, 0.6) is 0 Å². The summed E-state index contributed by atoms with van der Waals surface area (Å²) in [5.41, 5.74) is 0.359. The lowest BCUT2D eigenvalue weighted by Gasteiger charge is -2.09. The van der Waals surface area contributed by atoms with Gasteiger partial charge in [-0.1, -0.05) is 5.16 Å². The predicted molar refractivity (Wildman–Crippen MR) is 57.0 cm³/mol. The van der Waals surface area contributed by atoms with Crippen LogP contribution in [0.25, 0.3) is 0 Å². The molecule has 1 fully saturated rings. The highest BCUT2D eigenvalue weighted by Gasteiger charge is 2.39. The molecule has 1 aromatic heterocycles. The van der Waals surface area contributed by atoms with E-state index in [1.807, 2.05) is 0 Å². The number of pyridine rings is 1. The van der Waals surface area contributed by atoms with Gasteiger partial charge < -0.3 is 10.2 Å². The molecule has 0 spiro atoms. The van der Waals surface area contributed by atoms with Crippen molar-refractivity contribution in [3.05, 3.63) is 29.6 Å². The quantitative estimate of drug-likeness (QED) is 0.827. The summed E-state index contributed by atoms with van der Waals surface area (Å²) >= 11 is 0. The number of aromatic nitrogens is 1. The Kier molecular flexibility index (Phi) is 2.51. The number of nitrogens with zero attached hydrogens (tertiary/aromatic N) is 2. The molecule has 3 rings (SSSR count). The van der Waals surface area contributed by atoms with Crippen LogP contribution in [0.4, 0.5) is 13.2 Å². The Bertz CT molecular complexity index is 483. The Morgan fingerprint density at radius 2 is 2.11 bits per heavy atom. The van der Waals surface area contributed by atoms with E-state index in [4.69, 9.17) is 4.84 Å². The van der Waals surface area contributed by atoms with Gasteiger partial charge in [0.1, 0.15) is 11.8 Å². The topological polar surface area (TPSA) is 46.5 Å². The minimum absolute atomic E-state index is 0.0118. The second-order valence-corrected chi connectivity index (χ2v) is 4.32. The molecule has 1 aromatic rings. The lowest BCUT2D eigenvalue weighted by atomic mass is 9.96. The number of fused-ring (bicyclic) bond motifs is 1. The molecule has 2 aliphatic heterocycles. The molecule has 0 amide bonds. The molecule has 1 N–H and O–H groups in total. The van der Waals surface area contributed by atoms with E-state index in [-0.39, 0.29) is 12.0 Å². The summed E-state index contributed by atoms with van der Waals surface area (Å²) in [5, 5.41) is 7.09. The van der Waals surface area contributed by atoms with Gasteiger partial charge in [-0.25, -0.2) is 0 Å². The molecule has 0 radical (unpaired) electrons. The maximum absolute atomic E-state index is 12.4. The minimum atomic E-state index is -4.41. The molecule has 2 atom stereocenters. The molecule has 2 unspecified atom stereocenters. The van der Waals surface area contributed by atoms with E-state index in [0.29, 0.717) is 17.8 Å². The van der Waals surface area contributed by atoms with Gasteiger partial charge in [-0.15, -0.1) is 0 Å². The highest BCUT2D eigenvalue weighted by molar-refractivity contribution is 6.03. The average molecular weight is 257 g/mol. The summed E-state index contributed by atoms with van der Waals surface area (Å²) in [6.45, 7) is 1.44. The number of alkyl halides is 3. The molecular formula is C11H10F3N3O. The van der Waals surface area contributed by atoms with Crippen molar-refractivity contribution in [3.8, 4) is 0 Å². The molecule has 3 heterocycles. The van der Waals surface area contributed by atoms with Crippen LogP contribution in [0.1, 0.15) is 11.3 Å². The van der Waals surface area contributed by atoms with Crippen molar-refractivity contribution >= 4 is 5.71 Å². The number of hydrogen-bond acceptors (Lipinski definition) is 4. The van der Waals surface area contributed by atoms with E-state index in [2.05, 4.69) is 15.5 Å². The molecule has 7 heteroatoms. The monoisotopic (exact) mass is 257 g/mol. The summed E-state index contributed by atoms with van der Waals surface area (Å²) < 4.78 is 37.2. The first kappa shape index (κ1) is 11.5. The maximum atomic E-state index is 12.4. The van der Waals surface area contributed by atoms with Gasteiger partial charge in [0.15, 0.2) is 0 Å². The normalized spacial score (nSPS) is 26.7. The first-order valence-electron chi connectivity index (χ1n) is 5.54. The van der Waals surface area contributed by atoms with E-state index >= 15 is 0 Å². The molecule has 0 aliphatic carbocycles. The van der Waals surface area contributed by atoms with Crippen LogP contribution in [-0.2, 0) is 11.0 Å². The predicted octanol–water partition coefficient (Wildman–Crippen LogP) is 1.42. The summed E-state index contributed by atoms with van der Waals surface area (Å²) in [5.74, 6) is 0.100. The Balaban J connectivity index is 1.86. The number of halogens is 3. The fraction of sp³-hybridized carbons (Fsp3) is 0.455. The van der Waals surface area contributed by atoms with Crippen LogP contribution in [-0.4, -0.2) is 29.9 Å². The lowest BCUT2D eigenvalue weighted by molar-refractivity contribution is -0.141. The van der Waals surface area contributed by atoms with Gasteiger partial charge in [-0.3, -0.25) is 4.98 Å². The van der Waals surface area contributed by atoms with Gasteiger partial charge in [0.2, 0.25) is 0 Å². The van der Waals surface area contributed by atoms with Crippen LogP contribution < -0.4 is 5.32 Å². The summed E-state index contributed by atoms with van der Waals surface area (Å²) in [6, 6.07) is 2.35. The van der Waals surface area contributed by atoms with E-state index in [1.165, 1.54) is 12.3 Å². The number of rotatable bonds is 1. The Hall–Kier alpha value is -1.63. The van der Waals surface area contributed by atoms with Crippen molar-refractivity contribution in [2.75, 3.05) is 13.1 Å². The SMILES string of the molecule is FC(F)(F)c1ccc(C2=NOC3CNCC23)cn1. The van der Waals surface area contributed by atoms with E-state index in [0.717, 1.165) is 12.6 Å². The van der Waals surface area contributed by atoms with Gasteiger partial charge in [-0.05, 0) is 12.1 Å². The summed E-state index contributed by atoms with van der Waals surface area (Å²) in [6.07, 6.45) is -3.22. The number of oxime groups is 1. The largest absolute Gasteiger partial charge is 0.433 e. The first-order chi connectivity index (χ1) is 8.55. The van der Waals surface area contributed by atoms with E-state index in [9.17, 15) is 13.2 Å². The van der Waals surface area contributed by atoms with Gasteiger partial charge >= 0.3 is 6.18 Å². The third-order valence-electron chi connectivity index (χ3n) is 3.15. The smallest absolute Gasteiger partial charge is 0.390 e. The van der Waals surface area contributed by atoms with Gasteiger partial charge in [0.05, 0.1) is 11.6 Å². The molecule has 96 valence electrons. The van der Waals surface area contributed by atoms with Crippen LogP contribution in [0.2, 0.25) is 0 Å². The summed E-state index contributed by atoms with van der Waals surface area (Å²) in [4.78, 5) is 8.64. The minimum Gasteiger partial charge on any atom is -0.390 e. The van der Waals surface area contributed by atoms with Crippen molar-refractivity contribution in [1.82, 2.24) is 10.3 Å². The van der Waals surface area contributed by atoms with Gasteiger partial charge in [-0.2, -0.15) is 13.2 Å². The van der Waals surface area contributed by atoms with E-state index in [1.54, 1.807) is 0 Å². The van der Waals surface area contributed by atoms with Crippen molar-refractivity contribution in [2.24, 2.45) is 11.1 Å². The number of nitrogens with one attached hydrogen (secondary N) is 1. The molecule has 0 aromatic carbocycles. The molecule has 0 bridgehead atoms. The van der Waals surface area contributed by atoms with Crippen molar-refractivity contribution in [2.45, 2.75) is 12.3 Å². The third-order valence-corrected chi connectivity index (χ3v) is 3.15. The molecular weight excluding hydrogens is 247 g/mol. The molecule has 2 aliphatic rings. The Morgan fingerprint density at radius 3 is 2.78 bits per heavy atom. The number of hydrogen-bond donors (Lipinski definition) is 1.